The number of imidazole rings is 2. The summed E-state index contributed by atoms with van der Waals surface area (Å²) in [7, 11) is -6.21. The molecule has 0 bridgehead atoms. The molecule has 0 aliphatic carbocycles. The van der Waals surface area contributed by atoms with Gasteiger partial charge in [-0.25, -0.2) is 22.1 Å². The average molecular weight is 246 g/mol. The highest BCUT2D eigenvalue weighted by Gasteiger charge is 2.23. The third-order valence-electron chi connectivity index (χ3n) is 1.57. The van der Waals surface area contributed by atoms with E-state index in [0.717, 1.165) is 14.3 Å². The molecule has 2 heterocycles. The van der Waals surface area contributed by atoms with Gasteiger partial charge in [-0.15, -0.1) is 0 Å². The molecule has 0 fully saturated rings. The summed E-state index contributed by atoms with van der Waals surface area (Å²) in [5, 5.41) is 0. The third-order valence-corrected chi connectivity index (χ3v) is 5.34. The van der Waals surface area contributed by atoms with Gasteiger partial charge in [-0.3, -0.25) is 0 Å². The summed E-state index contributed by atoms with van der Waals surface area (Å²) in [6, 6.07) is 0. The first-order chi connectivity index (χ1) is 7.12. The second-order valence-corrected chi connectivity index (χ2v) is 6.74. The minimum atomic E-state index is -3.97. The molecule has 0 aliphatic rings. The summed E-state index contributed by atoms with van der Waals surface area (Å²) < 4.78 is 36.7. The van der Waals surface area contributed by atoms with Gasteiger partial charge in [-0.1, -0.05) is 0 Å². The van der Waals surface area contributed by atoms with Crippen LogP contribution in [0, 0.1) is 0 Å². The molecule has 0 aliphatic heterocycles. The van der Waals surface area contributed by atoms with E-state index in [-0.39, 0.29) is 0 Å². The van der Waals surface area contributed by atoms with Crippen LogP contribution in [0.2, 0.25) is 0 Å². The van der Waals surface area contributed by atoms with Crippen molar-refractivity contribution in [3.05, 3.63) is 37.4 Å². The number of hydrogen-bond donors (Lipinski definition) is 0. The molecule has 0 saturated heterocycles. The van der Waals surface area contributed by atoms with Crippen LogP contribution in [-0.4, -0.2) is 30.5 Å². The maximum atomic E-state index is 11.7. The van der Waals surface area contributed by atoms with Crippen molar-refractivity contribution in [1.29, 1.82) is 0 Å². The van der Waals surface area contributed by atoms with Gasteiger partial charge in [0, 0.05) is 24.8 Å². The smallest absolute Gasteiger partial charge is 0.244 e. The van der Waals surface area contributed by atoms with E-state index < -0.39 is 19.1 Å². The average Bonchev–Trinajstić information content (AvgIpc) is 2.89. The maximum Gasteiger partial charge on any atom is 0.341 e. The van der Waals surface area contributed by atoms with Gasteiger partial charge in [0.1, 0.15) is 12.7 Å². The molecule has 0 N–H and O–H groups in total. The summed E-state index contributed by atoms with van der Waals surface area (Å²) in [6.07, 6.45) is 7.41. The van der Waals surface area contributed by atoms with E-state index in [0.29, 0.717) is 0 Å². The standard InChI is InChI=1S/C6H6N4O3S2/c11-14(9-3-1-7-5-9)15(12,13)10-4-2-8-6-10/h1-6H. The lowest BCUT2D eigenvalue weighted by atomic mass is 11.0. The van der Waals surface area contributed by atoms with Crippen molar-refractivity contribution in [3.8, 4) is 0 Å². The summed E-state index contributed by atoms with van der Waals surface area (Å²) in [4.78, 5) is 7.20. The zero-order valence-electron chi connectivity index (χ0n) is 7.29. The van der Waals surface area contributed by atoms with Crippen LogP contribution < -0.4 is 0 Å². The van der Waals surface area contributed by atoms with Crippen molar-refractivity contribution in [2.24, 2.45) is 0 Å². The summed E-state index contributed by atoms with van der Waals surface area (Å²) in [5.74, 6) is 0. The van der Waals surface area contributed by atoms with Gasteiger partial charge in [0.15, 0.2) is 0 Å². The lowest BCUT2D eigenvalue weighted by molar-refractivity contribution is 0.597. The van der Waals surface area contributed by atoms with Crippen LogP contribution in [0.3, 0.4) is 0 Å². The molecule has 0 spiro atoms. The van der Waals surface area contributed by atoms with Crippen LogP contribution in [-0.2, 0) is 19.1 Å². The Hall–Kier alpha value is -1.48. The van der Waals surface area contributed by atoms with Gasteiger partial charge >= 0.3 is 9.06 Å². The minimum absolute atomic E-state index is 0.795. The summed E-state index contributed by atoms with van der Waals surface area (Å²) in [5.41, 5.74) is 0. The highest BCUT2D eigenvalue weighted by atomic mass is 33.2. The zero-order chi connectivity index (χ0) is 10.9. The number of nitrogens with zero attached hydrogens (tertiary/aromatic N) is 4. The van der Waals surface area contributed by atoms with Gasteiger partial charge < -0.3 is 0 Å². The van der Waals surface area contributed by atoms with Crippen LogP contribution in [0.15, 0.2) is 37.4 Å². The Bertz CT molecular complexity index is 558. The summed E-state index contributed by atoms with van der Waals surface area (Å²) >= 11 is 0. The van der Waals surface area contributed by atoms with Gasteiger partial charge in [0.25, 0.3) is 10.0 Å². The SMILES string of the molecule is O=S(n1ccnc1)S(=O)(=O)n1ccnc1. The van der Waals surface area contributed by atoms with Crippen LogP contribution in [0.25, 0.3) is 0 Å². The lowest BCUT2D eigenvalue weighted by Gasteiger charge is -2.03. The molecule has 0 saturated carbocycles. The van der Waals surface area contributed by atoms with E-state index in [1.807, 2.05) is 0 Å². The first-order valence-electron chi connectivity index (χ1n) is 3.76. The molecule has 80 valence electrons. The molecule has 2 aromatic rings. The van der Waals surface area contributed by atoms with E-state index in [4.69, 9.17) is 0 Å². The van der Waals surface area contributed by atoms with Gasteiger partial charge in [0.05, 0.1) is 0 Å². The number of hydrogen-bond acceptors (Lipinski definition) is 5. The van der Waals surface area contributed by atoms with Crippen molar-refractivity contribution in [2.45, 2.75) is 0 Å². The quantitative estimate of drug-likeness (QED) is 0.674. The van der Waals surface area contributed by atoms with Crippen LogP contribution in [0.5, 0.6) is 0 Å². The fourth-order valence-corrected chi connectivity index (χ4v) is 3.54. The number of aromatic nitrogens is 4. The highest BCUT2D eigenvalue weighted by Crippen LogP contribution is 2.05. The van der Waals surface area contributed by atoms with E-state index in [9.17, 15) is 12.6 Å². The molecule has 0 amide bonds. The van der Waals surface area contributed by atoms with E-state index in [2.05, 4.69) is 9.97 Å². The Kier molecular flexibility index (Phi) is 2.40. The Morgan fingerprint density at radius 2 is 1.73 bits per heavy atom. The third kappa shape index (κ3) is 1.70. The topological polar surface area (TPSA) is 86.9 Å². The van der Waals surface area contributed by atoms with Crippen LogP contribution in [0.4, 0.5) is 0 Å². The Labute approximate surface area is 87.4 Å². The van der Waals surface area contributed by atoms with Gasteiger partial charge in [-0.2, -0.15) is 8.42 Å². The van der Waals surface area contributed by atoms with Crippen LogP contribution >= 0.6 is 0 Å². The lowest BCUT2D eigenvalue weighted by Crippen LogP contribution is -2.21. The molecule has 2 rings (SSSR count). The van der Waals surface area contributed by atoms with E-state index >= 15 is 0 Å². The maximum absolute atomic E-state index is 11.7. The monoisotopic (exact) mass is 246 g/mol. The molecule has 2 aromatic heterocycles. The fourth-order valence-electron chi connectivity index (χ4n) is 0.897. The molecule has 0 aromatic carbocycles. The van der Waals surface area contributed by atoms with E-state index in [1.165, 1.54) is 31.1 Å². The number of rotatable bonds is 3. The summed E-state index contributed by atoms with van der Waals surface area (Å²) in [6.45, 7) is 0. The van der Waals surface area contributed by atoms with E-state index in [1.54, 1.807) is 0 Å². The normalized spacial score (nSPS) is 13.9. The molecule has 15 heavy (non-hydrogen) atoms. The highest BCUT2D eigenvalue weighted by molar-refractivity contribution is 8.62. The predicted octanol–water partition coefficient (Wildman–Crippen LogP) is -0.616. The van der Waals surface area contributed by atoms with Crippen LogP contribution in [0.1, 0.15) is 0 Å². The van der Waals surface area contributed by atoms with Crippen molar-refractivity contribution in [3.63, 3.8) is 0 Å². The minimum Gasteiger partial charge on any atom is -0.244 e. The van der Waals surface area contributed by atoms with Gasteiger partial charge in [-0.05, 0) is 0 Å². The molecule has 1 unspecified atom stereocenters. The molecule has 0 radical (unpaired) electrons. The molecule has 9 heteroatoms. The van der Waals surface area contributed by atoms with Crippen molar-refractivity contribution < 1.29 is 12.6 Å². The van der Waals surface area contributed by atoms with Crippen molar-refractivity contribution >= 4 is 19.1 Å². The second-order valence-electron chi connectivity index (χ2n) is 2.49. The molecule has 7 nitrogen and oxygen atoms in total. The van der Waals surface area contributed by atoms with Crippen molar-refractivity contribution in [1.82, 2.24) is 17.9 Å². The first-order valence-corrected chi connectivity index (χ1v) is 6.83. The largest absolute Gasteiger partial charge is 0.341 e. The van der Waals surface area contributed by atoms with Gasteiger partial charge in [0.2, 0.25) is 0 Å². The fraction of sp³-hybridized carbons (Fsp3) is 0. The molecular weight excluding hydrogens is 240 g/mol. The molecular formula is C6H6N4O3S2. The second kappa shape index (κ2) is 3.59. The van der Waals surface area contributed by atoms with Crippen molar-refractivity contribution in [2.75, 3.05) is 0 Å². The predicted molar refractivity (Wildman–Crippen MR) is 52.3 cm³/mol. The Morgan fingerprint density at radius 1 is 1.07 bits per heavy atom. The molecule has 1 atom stereocenters. The Morgan fingerprint density at radius 3 is 2.27 bits per heavy atom. The zero-order valence-corrected chi connectivity index (χ0v) is 8.93. The first kappa shape index (κ1) is 10.1. The Balaban J connectivity index is 2.45.